The maximum absolute atomic E-state index is 4.68. The third-order valence-corrected chi connectivity index (χ3v) is 4.90. The highest BCUT2D eigenvalue weighted by atomic mass is 32.1. The van der Waals surface area contributed by atoms with Crippen molar-refractivity contribution in [3.8, 4) is 0 Å². The van der Waals surface area contributed by atoms with Gasteiger partial charge in [0.2, 0.25) is 0 Å². The van der Waals surface area contributed by atoms with Crippen molar-refractivity contribution in [2.24, 2.45) is 5.41 Å². The Kier molecular flexibility index (Phi) is 8.35. The van der Waals surface area contributed by atoms with E-state index in [4.69, 9.17) is 0 Å². The van der Waals surface area contributed by atoms with Gasteiger partial charge < -0.3 is 0 Å². The van der Waals surface area contributed by atoms with Crippen molar-refractivity contribution in [3.05, 3.63) is 29.6 Å². The molecule has 0 atom stereocenters. The molecule has 1 heterocycles. The first kappa shape index (κ1) is 18.5. The molecule has 120 valence electrons. The van der Waals surface area contributed by atoms with Gasteiger partial charge in [-0.15, -0.1) is 0 Å². The first-order valence-electron chi connectivity index (χ1n) is 8.35. The van der Waals surface area contributed by atoms with Crippen molar-refractivity contribution in [2.45, 2.75) is 59.9 Å². The van der Waals surface area contributed by atoms with E-state index in [2.05, 4.69) is 68.4 Å². The van der Waals surface area contributed by atoms with Crippen LogP contribution in [0.3, 0.4) is 0 Å². The summed E-state index contributed by atoms with van der Waals surface area (Å²) in [5.74, 6) is 0.979. The minimum atomic E-state index is 0.354. The first-order valence-corrected chi connectivity index (χ1v) is 8.98. The SMILES string of the molecule is CCCC(CS)(CCC)CN(CC)Cc1cccc(C)n1. The van der Waals surface area contributed by atoms with Crippen molar-refractivity contribution in [1.82, 2.24) is 9.88 Å². The van der Waals surface area contributed by atoms with Gasteiger partial charge in [0.05, 0.1) is 5.69 Å². The fourth-order valence-corrected chi connectivity index (χ4v) is 3.64. The molecule has 0 aliphatic carbocycles. The minimum Gasteiger partial charge on any atom is -0.297 e. The summed E-state index contributed by atoms with van der Waals surface area (Å²) < 4.78 is 0. The molecule has 0 spiro atoms. The molecule has 0 bridgehead atoms. The van der Waals surface area contributed by atoms with Crippen LogP contribution < -0.4 is 0 Å². The number of thiol groups is 1. The smallest absolute Gasteiger partial charge is 0.0547 e. The number of hydrogen-bond donors (Lipinski definition) is 1. The van der Waals surface area contributed by atoms with Crippen LogP contribution in [0.5, 0.6) is 0 Å². The van der Waals surface area contributed by atoms with Gasteiger partial charge in [-0.25, -0.2) is 0 Å². The van der Waals surface area contributed by atoms with Gasteiger partial charge in [0.1, 0.15) is 0 Å². The molecule has 1 aromatic rings. The van der Waals surface area contributed by atoms with Gasteiger partial charge in [0.25, 0.3) is 0 Å². The molecular weight excluding hydrogens is 276 g/mol. The quantitative estimate of drug-likeness (QED) is 0.629. The molecule has 2 nitrogen and oxygen atoms in total. The monoisotopic (exact) mass is 308 g/mol. The van der Waals surface area contributed by atoms with E-state index in [0.717, 1.165) is 31.1 Å². The molecule has 0 amide bonds. The molecule has 0 N–H and O–H groups in total. The summed E-state index contributed by atoms with van der Waals surface area (Å²) in [5, 5.41) is 0. The van der Waals surface area contributed by atoms with Crippen LogP contribution in [0.25, 0.3) is 0 Å². The van der Waals surface area contributed by atoms with Crippen LogP contribution in [0.4, 0.5) is 0 Å². The van der Waals surface area contributed by atoms with Crippen LogP contribution in [-0.4, -0.2) is 28.7 Å². The molecule has 0 aromatic carbocycles. The summed E-state index contributed by atoms with van der Waals surface area (Å²) in [6, 6.07) is 6.30. The van der Waals surface area contributed by atoms with Gasteiger partial charge in [0, 0.05) is 18.8 Å². The Hall–Kier alpha value is -0.540. The average molecular weight is 309 g/mol. The van der Waals surface area contributed by atoms with Gasteiger partial charge in [-0.1, -0.05) is 39.7 Å². The molecule has 0 aliphatic rings. The summed E-state index contributed by atoms with van der Waals surface area (Å²) >= 11 is 4.68. The summed E-state index contributed by atoms with van der Waals surface area (Å²) in [6.45, 7) is 12.0. The Balaban J connectivity index is 2.78. The third kappa shape index (κ3) is 5.99. The summed E-state index contributed by atoms with van der Waals surface area (Å²) in [4.78, 5) is 7.18. The maximum Gasteiger partial charge on any atom is 0.0547 e. The standard InChI is InChI=1S/C18H32N2S/c1-5-11-18(15-21,12-6-2)14-20(7-3)13-17-10-8-9-16(4)19-17/h8-10,21H,5-7,11-15H2,1-4H3. The second-order valence-electron chi connectivity index (χ2n) is 6.23. The summed E-state index contributed by atoms with van der Waals surface area (Å²) in [6.07, 6.45) is 5.01. The van der Waals surface area contributed by atoms with Crippen molar-refractivity contribution in [2.75, 3.05) is 18.8 Å². The fraction of sp³-hybridized carbons (Fsp3) is 0.722. The zero-order valence-electron chi connectivity index (χ0n) is 14.2. The minimum absolute atomic E-state index is 0.354. The lowest BCUT2D eigenvalue weighted by molar-refractivity contribution is 0.144. The Morgan fingerprint density at radius 3 is 2.29 bits per heavy atom. The molecule has 0 saturated heterocycles. The molecule has 21 heavy (non-hydrogen) atoms. The highest BCUT2D eigenvalue weighted by molar-refractivity contribution is 7.80. The van der Waals surface area contributed by atoms with E-state index in [1.165, 1.54) is 31.4 Å². The Morgan fingerprint density at radius 1 is 1.14 bits per heavy atom. The van der Waals surface area contributed by atoms with Gasteiger partial charge in [-0.05, 0) is 49.6 Å². The lowest BCUT2D eigenvalue weighted by Crippen LogP contribution is -2.39. The number of rotatable bonds is 10. The van der Waals surface area contributed by atoms with E-state index < -0.39 is 0 Å². The molecule has 0 saturated carbocycles. The van der Waals surface area contributed by atoms with E-state index in [0.29, 0.717) is 5.41 Å². The number of aromatic nitrogens is 1. The van der Waals surface area contributed by atoms with E-state index in [1.54, 1.807) is 0 Å². The van der Waals surface area contributed by atoms with Gasteiger partial charge in [0.15, 0.2) is 0 Å². The normalized spacial score (nSPS) is 12.1. The third-order valence-electron chi connectivity index (χ3n) is 4.23. The summed E-state index contributed by atoms with van der Waals surface area (Å²) in [5.41, 5.74) is 2.64. The highest BCUT2D eigenvalue weighted by Crippen LogP contribution is 2.32. The van der Waals surface area contributed by atoms with E-state index >= 15 is 0 Å². The molecule has 0 unspecified atom stereocenters. The van der Waals surface area contributed by atoms with E-state index in [1.807, 2.05) is 0 Å². The molecule has 1 aromatic heterocycles. The predicted molar refractivity (Wildman–Crippen MR) is 96.0 cm³/mol. The van der Waals surface area contributed by atoms with Crippen LogP contribution in [0, 0.1) is 12.3 Å². The second kappa shape index (κ2) is 9.47. The van der Waals surface area contributed by atoms with Crippen molar-refractivity contribution < 1.29 is 0 Å². The number of pyridine rings is 1. The van der Waals surface area contributed by atoms with Gasteiger partial charge in [-0.2, -0.15) is 12.6 Å². The van der Waals surface area contributed by atoms with Crippen LogP contribution in [0.1, 0.15) is 57.8 Å². The molecule has 3 heteroatoms. The molecule has 0 aliphatic heterocycles. The van der Waals surface area contributed by atoms with Crippen LogP contribution in [0.15, 0.2) is 18.2 Å². The fourth-order valence-electron chi connectivity index (χ4n) is 3.22. The molecule has 0 radical (unpaired) electrons. The summed E-state index contributed by atoms with van der Waals surface area (Å²) in [7, 11) is 0. The second-order valence-corrected chi connectivity index (χ2v) is 6.55. The lowest BCUT2D eigenvalue weighted by atomic mass is 9.80. The van der Waals surface area contributed by atoms with Crippen LogP contribution >= 0.6 is 12.6 Å². The first-order chi connectivity index (χ1) is 10.1. The molecular formula is C18H32N2S. The molecule has 0 fully saturated rings. The number of aryl methyl sites for hydroxylation is 1. The van der Waals surface area contributed by atoms with Crippen molar-refractivity contribution in [3.63, 3.8) is 0 Å². The topological polar surface area (TPSA) is 16.1 Å². The Labute approximate surface area is 136 Å². The van der Waals surface area contributed by atoms with E-state index in [-0.39, 0.29) is 0 Å². The number of hydrogen-bond acceptors (Lipinski definition) is 3. The van der Waals surface area contributed by atoms with E-state index in [9.17, 15) is 0 Å². The van der Waals surface area contributed by atoms with Gasteiger partial charge >= 0.3 is 0 Å². The Morgan fingerprint density at radius 2 is 1.81 bits per heavy atom. The lowest BCUT2D eigenvalue weighted by Gasteiger charge is -2.37. The zero-order valence-corrected chi connectivity index (χ0v) is 15.1. The largest absolute Gasteiger partial charge is 0.297 e. The number of nitrogens with zero attached hydrogens (tertiary/aromatic N) is 2. The van der Waals surface area contributed by atoms with Crippen molar-refractivity contribution in [1.29, 1.82) is 0 Å². The Bertz CT molecular complexity index is 400. The highest BCUT2D eigenvalue weighted by Gasteiger charge is 2.29. The predicted octanol–water partition coefficient (Wildman–Crippen LogP) is 4.73. The average Bonchev–Trinajstić information content (AvgIpc) is 2.47. The zero-order chi connectivity index (χ0) is 15.7. The molecule has 1 rings (SSSR count). The van der Waals surface area contributed by atoms with Gasteiger partial charge in [-0.3, -0.25) is 9.88 Å². The van der Waals surface area contributed by atoms with Crippen LogP contribution in [-0.2, 0) is 6.54 Å². The maximum atomic E-state index is 4.68. The van der Waals surface area contributed by atoms with Crippen molar-refractivity contribution >= 4 is 12.6 Å². The van der Waals surface area contributed by atoms with Crippen LogP contribution in [0.2, 0.25) is 0 Å².